The Bertz CT molecular complexity index is 577. The van der Waals surface area contributed by atoms with Crippen molar-refractivity contribution in [1.29, 1.82) is 0 Å². The minimum absolute atomic E-state index is 0.356. The van der Waals surface area contributed by atoms with Gasteiger partial charge in [-0.05, 0) is 44.0 Å². The first kappa shape index (κ1) is 15.9. The summed E-state index contributed by atoms with van der Waals surface area (Å²) < 4.78 is 8.27. The monoisotopic (exact) mass is 466 g/mol. The first-order valence-corrected chi connectivity index (χ1v) is 8.31. The van der Waals surface area contributed by atoms with Gasteiger partial charge in [0.1, 0.15) is 0 Å². The van der Waals surface area contributed by atoms with Crippen molar-refractivity contribution in [3.05, 3.63) is 31.4 Å². The van der Waals surface area contributed by atoms with Crippen molar-refractivity contribution in [2.24, 2.45) is 0 Å². The fourth-order valence-electron chi connectivity index (χ4n) is 1.44. The maximum Gasteiger partial charge on any atom is 0.320 e. The fraction of sp³-hybridized carbons (Fsp3) is 0.333. The van der Waals surface area contributed by atoms with E-state index in [4.69, 9.17) is 4.42 Å². The number of halogens is 3. The summed E-state index contributed by atoms with van der Waals surface area (Å²) in [6.07, 6.45) is 0. The second-order valence-electron chi connectivity index (χ2n) is 4.41. The van der Waals surface area contributed by atoms with Crippen molar-refractivity contribution < 1.29 is 4.42 Å². The van der Waals surface area contributed by atoms with Crippen LogP contribution >= 0.6 is 47.8 Å². The lowest BCUT2D eigenvalue weighted by Crippen LogP contribution is -2.21. The number of nitrogens with one attached hydrogen (secondary N) is 2. The van der Waals surface area contributed by atoms with Gasteiger partial charge < -0.3 is 15.1 Å². The van der Waals surface area contributed by atoms with Crippen LogP contribution in [0.25, 0.3) is 0 Å². The Morgan fingerprint density at radius 2 is 1.80 bits per heavy atom. The van der Waals surface area contributed by atoms with Crippen LogP contribution in [0.4, 0.5) is 11.7 Å². The molecule has 0 amide bonds. The predicted octanol–water partition coefficient (Wildman–Crippen LogP) is 4.60. The summed E-state index contributed by atoms with van der Waals surface area (Å²) in [5.74, 6) is 0.547. The molecular weight excluding hydrogens is 456 g/mol. The van der Waals surface area contributed by atoms with Gasteiger partial charge in [-0.2, -0.15) is 0 Å². The molecule has 0 saturated carbocycles. The summed E-state index contributed by atoms with van der Waals surface area (Å²) >= 11 is 10.4. The van der Waals surface area contributed by atoms with Crippen molar-refractivity contribution in [2.45, 2.75) is 26.4 Å². The van der Waals surface area contributed by atoms with Crippen LogP contribution in [-0.4, -0.2) is 16.2 Å². The van der Waals surface area contributed by atoms with Crippen molar-refractivity contribution in [3.63, 3.8) is 0 Å². The Hall–Kier alpha value is -0.440. The highest BCUT2D eigenvalue weighted by molar-refractivity contribution is 9.11. The molecule has 0 radical (unpaired) electrons. The molecule has 1 heterocycles. The van der Waals surface area contributed by atoms with Crippen LogP contribution in [-0.2, 0) is 6.54 Å². The minimum Gasteiger partial charge on any atom is -0.406 e. The third-order valence-corrected chi connectivity index (χ3v) is 4.08. The Morgan fingerprint density at radius 3 is 2.40 bits per heavy atom. The van der Waals surface area contributed by atoms with Crippen LogP contribution < -0.4 is 10.6 Å². The predicted molar refractivity (Wildman–Crippen MR) is 89.1 cm³/mol. The van der Waals surface area contributed by atoms with E-state index in [2.05, 4.69) is 82.5 Å². The van der Waals surface area contributed by atoms with Crippen LogP contribution in [0.1, 0.15) is 19.7 Å². The SMILES string of the molecule is CC(C)NCc1nnc(Nc2c(Br)cc(Br)cc2Br)o1. The number of nitrogens with zero attached hydrogens (tertiary/aromatic N) is 2. The van der Waals surface area contributed by atoms with Crippen molar-refractivity contribution >= 4 is 59.5 Å². The van der Waals surface area contributed by atoms with Gasteiger partial charge in [-0.25, -0.2) is 0 Å². The van der Waals surface area contributed by atoms with Crippen LogP contribution in [0.3, 0.4) is 0 Å². The Balaban J connectivity index is 2.11. The first-order chi connectivity index (χ1) is 9.45. The summed E-state index contributed by atoms with van der Waals surface area (Å²) in [5, 5.41) is 14.3. The molecule has 1 aromatic carbocycles. The van der Waals surface area contributed by atoms with Gasteiger partial charge in [0, 0.05) is 19.5 Å². The number of anilines is 2. The maximum atomic E-state index is 5.53. The average molecular weight is 469 g/mol. The molecule has 0 unspecified atom stereocenters. The molecule has 0 aliphatic rings. The summed E-state index contributed by atoms with van der Waals surface area (Å²) in [5.41, 5.74) is 0.834. The first-order valence-electron chi connectivity index (χ1n) is 5.93. The molecule has 5 nitrogen and oxygen atoms in total. The highest BCUT2D eigenvalue weighted by Crippen LogP contribution is 2.35. The van der Waals surface area contributed by atoms with E-state index < -0.39 is 0 Å². The van der Waals surface area contributed by atoms with Crippen LogP contribution in [0.15, 0.2) is 30.0 Å². The van der Waals surface area contributed by atoms with Gasteiger partial charge in [-0.3, -0.25) is 0 Å². The van der Waals surface area contributed by atoms with E-state index in [-0.39, 0.29) is 0 Å². The average Bonchev–Trinajstić information content (AvgIpc) is 2.79. The molecule has 108 valence electrons. The lowest BCUT2D eigenvalue weighted by Gasteiger charge is -2.08. The summed E-state index contributed by atoms with van der Waals surface area (Å²) in [6, 6.07) is 4.59. The Kier molecular flexibility index (Phi) is 5.59. The van der Waals surface area contributed by atoms with Gasteiger partial charge in [-0.1, -0.05) is 34.9 Å². The highest BCUT2D eigenvalue weighted by atomic mass is 79.9. The molecule has 0 atom stereocenters. The van der Waals surface area contributed by atoms with Crippen molar-refractivity contribution in [1.82, 2.24) is 15.5 Å². The topological polar surface area (TPSA) is 63.0 Å². The van der Waals surface area contributed by atoms with Crippen molar-refractivity contribution in [3.8, 4) is 0 Å². The number of benzene rings is 1. The van der Waals surface area contributed by atoms with Gasteiger partial charge in [0.05, 0.1) is 12.2 Å². The molecule has 0 saturated heterocycles. The normalized spacial score (nSPS) is 11.1. The van der Waals surface area contributed by atoms with E-state index in [1.165, 1.54) is 0 Å². The number of hydrogen-bond acceptors (Lipinski definition) is 5. The fourth-order valence-corrected chi connectivity index (χ4v) is 3.89. The standard InChI is InChI=1S/C12H13Br3N4O/c1-6(2)16-5-10-18-19-12(20-10)17-11-8(14)3-7(13)4-9(11)15/h3-4,6,16H,5H2,1-2H3,(H,17,19). The smallest absolute Gasteiger partial charge is 0.320 e. The zero-order valence-corrected chi connectivity index (χ0v) is 15.6. The summed E-state index contributed by atoms with van der Waals surface area (Å²) in [4.78, 5) is 0. The molecule has 2 N–H and O–H groups in total. The zero-order chi connectivity index (χ0) is 14.7. The molecule has 0 spiro atoms. The molecule has 2 aromatic rings. The molecular formula is C12H13Br3N4O. The van der Waals surface area contributed by atoms with Crippen molar-refractivity contribution in [2.75, 3.05) is 5.32 Å². The third-order valence-electron chi connectivity index (χ3n) is 2.37. The lowest BCUT2D eigenvalue weighted by molar-refractivity contribution is 0.460. The van der Waals surface area contributed by atoms with Gasteiger partial charge >= 0.3 is 6.01 Å². The second kappa shape index (κ2) is 7.02. The van der Waals surface area contributed by atoms with Crippen LogP contribution in [0.2, 0.25) is 0 Å². The quantitative estimate of drug-likeness (QED) is 0.671. The van der Waals surface area contributed by atoms with E-state index in [0.29, 0.717) is 24.5 Å². The number of aromatic nitrogens is 2. The van der Waals surface area contributed by atoms with Gasteiger partial charge in [-0.15, -0.1) is 5.10 Å². The third kappa shape index (κ3) is 4.28. The highest BCUT2D eigenvalue weighted by Gasteiger charge is 2.11. The number of hydrogen-bond donors (Lipinski definition) is 2. The van der Waals surface area contributed by atoms with Crippen LogP contribution in [0, 0.1) is 0 Å². The van der Waals surface area contributed by atoms with E-state index in [1.807, 2.05) is 12.1 Å². The van der Waals surface area contributed by atoms with E-state index in [1.54, 1.807) is 0 Å². The molecule has 20 heavy (non-hydrogen) atoms. The minimum atomic E-state index is 0.356. The largest absolute Gasteiger partial charge is 0.406 e. The molecule has 8 heteroatoms. The number of rotatable bonds is 5. The van der Waals surface area contributed by atoms with E-state index >= 15 is 0 Å². The Morgan fingerprint density at radius 1 is 1.15 bits per heavy atom. The Labute approximate surface area is 142 Å². The van der Waals surface area contributed by atoms with E-state index in [9.17, 15) is 0 Å². The van der Waals surface area contributed by atoms with Gasteiger partial charge in [0.25, 0.3) is 0 Å². The van der Waals surface area contributed by atoms with Crippen LogP contribution in [0.5, 0.6) is 0 Å². The zero-order valence-electron chi connectivity index (χ0n) is 10.9. The molecule has 0 aliphatic heterocycles. The van der Waals surface area contributed by atoms with E-state index in [0.717, 1.165) is 19.1 Å². The molecule has 0 aliphatic carbocycles. The molecule has 0 bridgehead atoms. The molecule has 1 aromatic heterocycles. The summed E-state index contributed by atoms with van der Waals surface area (Å²) in [7, 11) is 0. The summed E-state index contributed by atoms with van der Waals surface area (Å²) in [6.45, 7) is 4.67. The van der Waals surface area contributed by atoms with Gasteiger partial charge in [0.15, 0.2) is 0 Å². The molecule has 0 fully saturated rings. The van der Waals surface area contributed by atoms with Gasteiger partial charge in [0.2, 0.25) is 5.89 Å². The lowest BCUT2D eigenvalue weighted by atomic mass is 10.3. The molecule has 2 rings (SSSR count). The second-order valence-corrected chi connectivity index (χ2v) is 7.03. The maximum absolute atomic E-state index is 5.53.